The summed E-state index contributed by atoms with van der Waals surface area (Å²) in [6, 6.07) is 17.6. The number of thiazole rings is 1. The van der Waals surface area contributed by atoms with E-state index in [-0.39, 0.29) is 43.3 Å². The summed E-state index contributed by atoms with van der Waals surface area (Å²) in [7, 11) is 5.85. The molecular formula is C32H27N5O8S. The van der Waals surface area contributed by atoms with Gasteiger partial charge in [0.05, 0.1) is 61.0 Å². The number of nitrogens with zero attached hydrogens (tertiary/aromatic N) is 3. The van der Waals surface area contributed by atoms with Crippen molar-refractivity contribution in [1.29, 1.82) is 5.26 Å². The molecule has 0 radical (unpaired) electrons. The van der Waals surface area contributed by atoms with Crippen molar-refractivity contribution in [2.24, 2.45) is 5.73 Å². The fraction of sp³-hybridized carbons (Fsp3) is 0.156. The summed E-state index contributed by atoms with van der Waals surface area (Å²) >= 11 is 0.997. The lowest BCUT2D eigenvalue weighted by Crippen LogP contribution is -2.40. The minimum atomic E-state index is -1.09. The van der Waals surface area contributed by atoms with Gasteiger partial charge in [-0.3, -0.25) is 24.3 Å². The van der Waals surface area contributed by atoms with Crippen LogP contribution in [-0.4, -0.2) is 43.8 Å². The van der Waals surface area contributed by atoms with Gasteiger partial charge in [-0.25, -0.2) is 0 Å². The number of carbonyl (C=O) groups is 1. The summed E-state index contributed by atoms with van der Waals surface area (Å²) in [6.45, 7) is 0. The zero-order chi connectivity index (χ0) is 33.1. The summed E-state index contributed by atoms with van der Waals surface area (Å²) in [5.41, 5.74) is 6.95. The van der Waals surface area contributed by atoms with Gasteiger partial charge in [0.1, 0.15) is 10.5 Å². The van der Waals surface area contributed by atoms with Gasteiger partial charge in [0, 0.05) is 28.9 Å². The van der Waals surface area contributed by atoms with Crippen LogP contribution in [-0.2, 0) is 4.79 Å². The lowest BCUT2D eigenvalue weighted by atomic mass is 9.82. The number of nitrogens with two attached hydrogens (primary N) is 1. The molecule has 4 aromatic rings. The molecule has 0 saturated heterocycles. The van der Waals surface area contributed by atoms with E-state index in [1.807, 2.05) is 0 Å². The number of ether oxygens (including phenoxy) is 4. The number of nitriles is 1. The molecular weight excluding hydrogens is 614 g/mol. The number of nitro groups is 1. The molecule has 46 heavy (non-hydrogen) atoms. The number of allylic oxidation sites excluding steroid dienone is 1. The Kier molecular flexibility index (Phi) is 8.78. The lowest BCUT2D eigenvalue weighted by Gasteiger charge is -2.27. The number of para-hydroxylation sites is 2. The van der Waals surface area contributed by atoms with Crippen LogP contribution < -0.4 is 44.8 Å². The maximum Gasteiger partial charge on any atom is 0.274 e. The first kappa shape index (κ1) is 31.4. The first-order valence-electron chi connectivity index (χ1n) is 13.5. The van der Waals surface area contributed by atoms with Crippen molar-refractivity contribution in [3.63, 3.8) is 0 Å². The highest BCUT2D eigenvalue weighted by molar-refractivity contribution is 7.07. The molecule has 0 fully saturated rings. The normalized spacial score (nSPS) is 14.3. The van der Waals surface area contributed by atoms with Gasteiger partial charge in [0.2, 0.25) is 0 Å². The molecule has 234 valence electrons. The van der Waals surface area contributed by atoms with Crippen LogP contribution in [0.25, 0.3) is 17.5 Å². The number of carbonyl (C=O) groups excluding carboxylic acids is 1. The highest BCUT2D eigenvalue weighted by Gasteiger charge is 2.38. The van der Waals surface area contributed by atoms with Crippen LogP contribution in [0.3, 0.4) is 0 Å². The Balaban J connectivity index is 1.84. The van der Waals surface area contributed by atoms with Crippen molar-refractivity contribution in [3.8, 4) is 29.1 Å². The topological polar surface area (TPSA) is 181 Å². The fourth-order valence-corrected chi connectivity index (χ4v) is 6.42. The summed E-state index contributed by atoms with van der Waals surface area (Å²) < 4.78 is 23.6. The zero-order valence-corrected chi connectivity index (χ0v) is 25.8. The third-order valence-corrected chi connectivity index (χ3v) is 8.42. The molecule has 1 unspecified atom stereocenters. The molecule has 14 heteroatoms. The molecule has 1 atom stereocenters. The second-order valence-corrected chi connectivity index (χ2v) is 10.8. The van der Waals surface area contributed by atoms with Crippen molar-refractivity contribution in [1.82, 2.24) is 4.57 Å². The van der Waals surface area contributed by atoms with Gasteiger partial charge in [-0.1, -0.05) is 24.3 Å². The molecule has 1 amide bonds. The fourth-order valence-electron chi connectivity index (χ4n) is 5.25. The van der Waals surface area contributed by atoms with E-state index < -0.39 is 22.3 Å². The summed E-state index contributed by atoms with van der Waals surface area (Å²) in [6.07, 6.45) is 1.59. The molecule has 5 rings (SSSR count). The SMILES string of the molecule is COc1cccc(/C=c2\sc3n(c2=O)C(N)=C(C#N)C(c2cccc(OC)c2OC)C=3C(=O)Nc2ccc([N+](=O)[O-])cc2)c1OC. The number of rotatable bonds is 9. The van der Waals surface area contributed by atoms with Gasteiger partial charge >= 0.3 is 0 Å². The van der Waals surface area contributed by atoms with E-state index in [0.29, 0.717) is 28.4 Å². The van der Waals surface area contributed by atoms with E-state index in [0.717, 1.165) is 15.9 Å². The van der Waals surface area contributed by atoms with E-state index in [4.69, 9.17) is 24.7 Å². The maximum absolute atomic E-state index is 14.2. The molecule has 3 N–H and O–H groups in total. The Morgan fingerprint density at radius 3 is 2.22 bits per heavy atom. The average molecular weight is 642 g/mol. The minimum absolute atomic E-state index is 0.0232. The highest BCUT2D eigenvalue weighted by Crippen LogP contribution is 2.44. The zero-order valence-electron chi connectivity index (χ0n) is 25.0. The van der Waals surface area contributed by atoms with E-state index in [1.165, 1.54) is 52.7 Å². The number of amides is 1. The second kappa shape index (κ2) is 12.9. The van der Waals surface area contributed by atoms with Crippen LogP contribution >= 0.6 is 11.3 Å². The molecule has 1 aliphatic heterocycles. The first-order chi connectivity index (χ1) is 22.2. The van der Waals surface area contributed by atoms with Crippen molar-refractivity contribution in [2.45, 2.75) is 5.92 Å². The number of nitro benzene ring substituents is 1. The number of nitrogens with one attached hydrogen (secondary N) is 1. The molecule has 0 bridgehead atoms. The van der Waals surface area contributed by atoms with Crippen LogP contribution in [0.1, 0.15) is 17.0 Å². The molecule has 0 aliphatic carbocycles. The van der Waals surface area contributed by atoms with Gasteiger partial charge in [-0.05, 0) is 30.3 Å². The number of non-ortho nitro benzene ring substituents is 1. The summed E-state index contributed by atoms with van der Waals surface area (Å²) in [4.78, 5) is 38.8. The number of methoxy groups -OCH3 is 4. The number of fused-ring (bicyclic) bond motifs is 1. The number of anilines is 1. The van der Waals surface area contributed by atoms with Gasteiger partial charge in [-0.2, -0.15) is 5.26 Å². The van der Waals surface area contributed by atoms with Crippen molar-refractivity contribution >= 4 is 46.1 Å². The van der Waals surface area contributed by atoms with E-state index in [9.17, 15) is 25.0 Å². The Labute approximate surface area is 265 Å². The van der Waals surface area contributed by atoms with Crippen molar-refractivity contribution < 1.29 is 28.7 Å². The van der Waals surface area contributed by atoms with Crippen LogP contribution in [0.2, 0.25) is 0 Å². The monoisotopic (exact) mass is 641 g/mol. The number of benzene rings is 3. The molecule has 0 saturated carbocycles. The standard InChI is InChI=1S/C32H27N5O8S/c1-42-22-9-5-7-17(27(22)44-3)15-24-31(39)36-29(34)21(16-33)25(20-8-6-10-23(43-2)28(20)45-4)26(32(36)46-24)30(38)35-18-11-13-19(14-12-18)37(40)41/h5-15,25H,34H2,1-4H3,(H,35,38)/b24-15-. The number of hydrogen-bond donors (Lipinski definition) is 2. The molecule has 13 nitrogen and oxygen atoms in total. The smallest absolute Gasteiger partial charge is 0.274 e. The van der Waals surface area contributed by atoms with Gasteiger partial charge in [-0.15, -0.1) is 11.3 Å². The number of hydrogen-bond acceptors (Lipinski definition) is 11. The van der Waals surface area contributed by atoms with Crippen molar-refractivity contribution in [2.75, 3.05) is 33.8 Å². The van der Waals surface area contributed by atoms with E-state index in [2.05, 4.69) is 11.4 Å². The van der Waals surface area contributed by atoms with E-state index >= 15 is 0 Å². The summed E-state index contributed by atoms with van der Waals surface area (Å²) in [5.74, 6) is -0.479. The third-order valence-electron chi connectivity index (χ3n) is 7.31. The molecule has 3 aromatic carbocycles. The van der Waals surface area contributed by atoms with Gasteiger partial charge < -0.3 is 30.0 Å². The predicted molar refractivity (Wildman–Crippen MR) is 171 cm³/mol. The number of aromatic nitrogens is 1. The quantitative estimate of drug-likeness (QED) is 0.204. The molecule has 2 heterocycles. The van der Waals surface area contributed by atoms with Crippen LogP contribution in [0.4, 0.5) is 11.4 Å². The van der Waals surface area contributed by atoms with Crippen LogP contribution in [0.5, 0.6) is 23.0 Å². The Bertz CT molecular complexity index is 2130. The van der Waals surface area contributed by atoms with Crippen LogP contribution in [0.15, 0.2) is 71.0 Å². The van der Waals surface area contributed by atoms with Gasteiger partial charge in [0.25, 0.3) is 17.2 Å². The highest BCUT2D eigenvalue weighted by atomic mass is 32.1. The maximum atomic E-state index is 14.2. The lowest BCUT2D eigenvalue weighted by molar-refractivity contribution is -0.384. The third kappa shape index (κ3) is 5.39. The largest absolute Gasteiger partial charge is 0.493 e. The Morgan fingerprint density at radius 2 is 1.63 bits per heavy atom. The minimum Gasteiger partial charge on any atom is -0.493 e. The molecule has 1 aliphatic rings. The van der Waals surface area contributed by atoms with Gasteiger partial charge in [0.15, 0.2) is 23.0 Å². The van der Waals surface area contributed by atoms with E-state index in [1.54, 1.807) is 42.5 Å². The molecule has 0 spiro atoms. The summed E-state index contributed by atoms with van der Waals surface area (Å²) in [5, 5.41) is 24.3. The Hall–Kier alpha value is -6.07. The molecule has 1 aromatic heterocycles. The van der Waals surface area contributed by atoms with Crippen molar-refractivity contribution in [3.05, 3.63) is 107 Å². The Morgan fingerprint density at radius 1 is 1.00 bits per heavy atom. The average Bonchev–Trinajstić information content (AvgIpc) is 3.39. The first-order valence-corrected chi connectivity index (χ1v) is 14.4. The second-order valence-electron chi connectivity index (χ2n) is 9.74. The predicted octanol–water partition coefficient (Wildman–Crippen LogP) is 2.92. The van der Waals surface area contributed by atoms with Crippen LogP contribution in [0, 0.1) is 21.4 Å².